The molecule has 0 spiro atoms. The molecule has 0 aliphatic heterocycles. The molecule has 7 atom stereocenters. The van der Waals surface area contributed by atoms with Crippen molar-refractivity contribution in [3.8, 4) is 0 Å². The third kappa shape index (κ3) is 2.54. The number of allylic oxidation sites excluding steroid dienone is 1. The third-order valence-electron chi connectivity index (χ3n) is 9.09. The van der Waals surface area contributed by atoms with E-state index in [-0.39, 0.29) is 0 Å². The van der Waals surface area contributed by atoms with Gasteiger partial charge in [0.05, 0.1) is 0 Å². The first-order valence-electron chi connectivity index (χ1n) is 10.5. The van der Waals surface area contributed by atoms with Gasteiger partial charge in [-0.15, -0.1) is 0 Å². The van der Waals surface area contributed by atoms with Gasteiger partial charge < -0.3 is 0 Å². The molecule has 0 heteroatoms. The molecule has 3 saturated carbocycles. The Morgan fingerprint density at radius 2 is 1.78 bits per heavy atom. The fourth-order valence-electron chi connectivity index (χ4n) is 7.48. The SMILES string of the molecule is C=C(C)C1(C)CCC2C(C(CC)CC3CCCCC32C)C1CC. The molecular formula is C23H40. The Labute approximate surface area is 145 Å². The van der Waals surface area contributed by atoms with Crippen LogP contribution in [-0.2, 0) is 0 Å². The van der Waals surface area contributed by atoms with Crippen molar-refractivity contribution in [2.45, 2.75) is 92.4 Å². The highest BCUT2D eigenvalue weighted by molar-refractivity contribution is 5.15. The monoisotopic (exact) mass is 316 g/mol. The van der Waals surface area contributed by atoms with Crippen LogP contribution in [0, 0.1) is 40.4 Å². The lowest BCUT2D eigenvalue weighted by atomic mass is 9.41. The summed E-state index contributed by atoms with van der Waals surface area (Å²) in [4.78, 5) is 0. The van der Waals surface area contributed by atoms with Gasteiger partial charge in [-0.25, -0.2) is 0 Å². The van der Waals surface area contributed by atoms with E-state index in [0.29, 0.717) is 10.8 Å². The molecule has 0 aromatic heterocycles. The highest BCUT2D eigenvalue weighted by atomic mass is 14.6. The Morgan fingerprint density at radius 3 is 2.39 bits per heavy atom. The van der Waals surface area contributed by atoms with Crippen molar-refractivity contribution in [3.05, 3.63) is 12.2 Å². The summed E-state index contributed by atoms with van der Waals surface area (Å²) in [6.45, 7) is 16.9. The van der Waals surface area contributed by atoms with E-state index < -0.39 is 0 Å². The average Bonchev–Trinajstić information content (AvgIpc) is 2.53. The fraction of sp³-hybridized carbons (Fsp3) is 0.913. The number of hydrogen-bond donors (Lipinski definition) is 0. The number of hydrogen-bond acceptors (Lipinski definition) is 0. The lowest BCUT2D eigenvalue weighted by molar-refractivity contribution is -0.133. The molecule has 0 aromatic carbocycles. The van der Waals surface area contributed by atoms with Crippen LogP contribution < -0.4 is 0 Å². The van der Waals surface area contributed by atoms with Crippen molar-refractivity contribution < 1.29 is 0 Å². The predicted octanol–water partition coefficient (Wildman–Crippen LogP) is 7.25. The van der Waals surface area contributed by atoms with Crippen LogP contribution in [-0.4, -0.2) is 0 Å². The summed E-state index contributed by atoms with van der Waals surface area (Å²) in [7, 11) is 0. The third-order valence-corrected chi connectivity index (χ3v) is 9.09. The van der Waals surface area contributed by atoms with Gasteiger partial charge >= 0.3 is 0 Å². The molecule has 3 rings (SSSR count). The summed E-state index contributed by atoms with van der Waals surface area (Å²) < 4.78 is 0. The van der Waals surface area contributed by atoms with E-state index in [4.69, 9.17) is 0 Å². The first-order valence-corrected chi connectivity index (χ1v) is 10.5. The molecular weight excluding hydrogens is 276 g/mol. The summed E-state index contributed by atoms with van der Waals surface area (Å²) in [6, 6.07) is 0. The van der Waals surface area contributed by atoms with Crippen LogP contribution in [0.2, 0.25) is 0 Å². The summed E-state index contributed by atoms with van der Waals surface area (Å²) in [6.07, 6.45) is 13.1. The maximum atomic E-state index is 4.44. The molecule has 132 valence electrons. The highest BCUT2D eigenvalue weighted by Gasteiger charge is 2.58. The van der Waals surface area contributed by atoms with E-state index in [1.54, 1.807) is 0 Å². The van der Waals surface area contributed by atoms with Gasteiger partial charge in [0.15, 0.2) is 0 Å². The van der Waals surface area contributed by atoms with Gasteiger partial charge in [-0.1, -0.05) is 65.5 Å². The summed E-state index contributed by atoms with van der Waals surface area (Å²) >= 11 is 0. The molecule has 0 N–H and O–H groups in total. The molecule has 3 aliphatic rings. The molecule has 0 bridgehead atoms. The van der Waals surface area contributed by atoms with Crippen LogP contribution in [0.4, 0.5) is 0 Å². The second kappa shape index (κ2) is 6.23. The Bertz CT molecular complexity index is 449. The first-order chi connectivity index (χ1) is 10.9. The van der Waals surface area contributed by atoms with Crippen LogP contribution in [0.1, 0.15) is 92.4 Å². The molecule has 0 amide bonds. The normalized spacial score (nSPS) is 50.0. The summed E-state index contributed by atoms with van der Waals surface area (Å²) in [5.41, 5.74) is 2.49. The molecule has 0 nitrogen and oxygen atoms in total. The van der Waals surface area contributed by atoms with E-state index in [1.807, 2.05) is 0 Å². The minimum Gasteiger partial charge on any atom is -0.0996 e. The van der Waals surface area contributed by atoms with Crippen molar-refractivity contribution in [1.82, 2.24) is 0 Å². The zero-order valence-electron chi connectivity index (χ0n) is 16.5. The van der Waals surface area contributed by atoms with Crippen molar-refractivity contribution in [1.29, 1.82) is 0 Å². The van der Waals surface area contributed by atoms with Gasteiger partial charge in [-0.2, -0.15) is 0 Å². The quantitative estimate of drug-likeness (QED) is 0.481. The molecule has 23 heavy (non-hydrogen) atoms. The molecule has 0 aromatic rings. The molecule has 7 unspecified atom stereocenters. The largest absolute Gasteiger partial charge is 0.0996 e. The van der Waals surface area contributed by atoms with Crippen LogP contribution in [0.3, 0.4) is 0 Å². The topological polar surface area (TPSA) is 0 Å². The van der Waals surface area contributed by atoms with Gasteiger partial charge in [0.25, 0.3) is 0 Å². The molecule has 0 radical (unpaired) electrons. The van der Waals surface area contributed by atoms with Crippen LogP contribution >= 0.6 is 0 Å². The smallest absolute Gasteiger partial charge is 0.00907 e. The Balaban J connectivity index is 1.99. The van der Waals surface area contributed by atoms with Gasteiger partial charge in [0, 0.05) is 0 Å². The zero-order valence-corrected chi connectivity index (χ0v) is 16.5. The van der Waals surface area contributed by atoms with E-state index in [9.17, 15) is 0 Å². The van der Waals surface area contributed by atoms with E-state index in [1.165, 1.54) is 63.4 Å². The maximum Gasteiger partial charge on any atom is -0.00907 e. The standard InChI is InChI=1S/C23H40/c1-7-17-15-18-11-9-10-13-23(18,6)20-12-14-22(5,16(3)4)19(8-2)21(17)20/h17-21H,3,7-15H2,1-2,4-6H3. The second-order valence-electron chi connectivity index (χ2n) is 9.79. The lowest BCUT2D eigenvalue weighted by Crippen LogP contribution is -2.56. The van der Waals surface area contributed by atoms with E-state index >= 15 is 0 Å². The van der Waals surface area contributed by atoms with Gasteiger partial charge in [-0.3, -0.25) is 0 Å². The van der Waals surface area contributed by atoms with E-state index in [0.717, 1.165) is 29.6 Å². The lowest BCUT2D eigenvalue weighted by Gasteiger charge is -2.63. The Morgan fingerprint density at radius 1 is 1.04 bits per heavy atom. The number of fused-ring (bicyclic) bond motifs is 3. The zero-order chi connectivity index (χ0) is 16.8. The second-order valence-corrected chi connectivity index (χ2v) is 9.79. The highest BCUT2D eigenvalue weighted by Crippen LogP contribution is 2.66. The summed E-state index contributed by atoms with van der Waals surface area (Å²) in [5, 5.41) is 0. The van der Waals surface area contributed by atoms with Crippen LogP contribution in [0.5, 0.6) is 0 Å². The Hall–Kier alpha value is -0.260. The van der Waals surface area contributed by atoms with Crippen molar-refractivity contribution in [2.75, 3.05) is 0 Å². The molecule has 3 fully saturated rings. The van der Waals surface area contributed by atoms with Crippen molar-refractivity contribution >= 4 is 0 Å². The first kappa shape index (κ1) is 17.6. The van der Waals surface area contributed by atoms with Crippen molar-refractivity contribution in [2.24, 2.45) is 40.4 Å². The molecule has 0 heterocycles. The number of rotatable bonds is 3. The minimum atomic E-state index is 0.390. The minimum absolute atomic E-state index is 0.390. The average molecular weight is 317 g/mol. The maximum absolute atomic E-state index is 4.44. The molecule has 3 aliphatic carbocycles. The van der Waals surface area contributed by atoms with E-state index in [2.05, 4.69) is 41.2 Å². The van der Waals surface area contributed by atoms with Crippen molar-refractivity contribution in [3.63, 3.8) is 0 Å². The fourth-order valence-corrected chi connectivity index (χ4v) is 7.48. The van der Waals surface area contributed by atoms with Crippen LogP contribution in [0.25, 0.3) is 0 Å². The van der Waals surface area contributed by atoms with Gasteiger partial charge in [0.1, 0.15) is 0 Å². The van der Waals surface area contributed by atoms with Gasteiger partial charge in [-0.05, 0) is 79.4 Å². The molecule has 0 saturated heterocycles. The predicted molar refractivity (Wildman–Crippen MR) is 101 cm³/mol. The Kier molecular flexibility index (Phi) is 4.76. The summed E-state index contributed by atoms with van der Waals surface area (Å²) in [5.74, 6) is 4.81. The van der Waals surface area contributed by atoms with Gasteiger partial charge in [0.2, 0.25) is 0 Å². The van der Waals surface area contributed by atoms with Crippen LogP contribution in [0.15, 0.2) is 12.2 Å².